The van der Waals surface area contributed by atoms with Crippen LogP contribution in [0.4, 0.5) is 10.1 Å². The number of rotatable bonds is 9. The highest BCUT2D eigenvalue weighted by Crippen LogP contribution is 2.38. The third kappa shape index (κ3) is 8.30. The highest BCUT2D eigenvalue weighted by atomic mass is 32.2. The van der Waals surface area contributed by atoms with Gasteiger partial charge >= 0.3 is 0 Å². The molecule has 2 rings (SSSR count). The fourth-order valence-corrected chi connectivity index (χ4v) is 6.76. The summed E-state index contributed by atoms with van der Waals surface area (Å²) in [6, 6.07) is 9.91. The maximum absolute atomic E-state index is 14.0. The summed E-state index contributed by atoms with van der Waals surface area (Å²) in [6.07, 6.45) is 0.0642. The van der Waals surface area contributed by atoms with E-state index in [1.807, 2.05) is 13.1 Å². The number of nitrogens with one attached hydrogen (secondary N) is 2. The minimum atomic E-state index is -3.97. The van der Waals surface area contributed by atoms with Crippen molar-refractivity contribution in [1.82, 2.24) is 4.72 Å². The van der Waals surface area contributed by atoms with E-state index in [-0.39, 0.29) is 27.8 Å². The molecule has 0 bridgehead atoms. The molecule has 196 valence electrons. The molecule has 0 spiro atoms. The fraction of sp³-hybridized carbons (Fsp3) is 0.500. The molecule has 0 aromatic heterocycles. The summed E-state index contributed by atoms with van der Waals surface area (Å²) in [6.45, 7) is 15.3. The van der Waals surface area contributed by atoms with Crippen molar-refractivity contribution in [2.45, 2.75) is 76.5 Å². The van der Waals surface area contributed by atoms with Crippen LogP contribution < -0.4 is 13.9 Å². The summed E-state index contributed by atoms with van der Waals surface area (Å²) < 4.78 is 76.7. The maximum atomic E-state index is 14.0. The zero-order chi connectivity index (χ0) is 26.9. The third-order valence-corrected chi connectivity index (χ3v) is 13.2. The van der Waals surface area contributed by atoms with Gasteiger partial charge in [-0.15, -0.1) is 0 Å². The van der Waals surface area contributed by atoms with Gasteiger partial charge in [-0.2, -0.15) is 0 Å². The molecule has 0 saturated carbocycles. The Kier molecular flexibility index (Phi) is 8.53. The highest BCUT2D eigenvalue weighted by molar-refractivity contribution is 7.93. The summed E-state index contributed by atoms with van der Waals surface area (Å²) in [5, 5.41) is -0.124. The van der Waals surface area contributed by atoms with Gasteiger partial charge in [-0.3, -0.25) is 4.72 Å². The summed E-state index contributed by atoms with van der Waals surface area (Å²) in [5.74, 6) is -0.466. The van der Waals surface area contributed by atoms with Gasteiger partial charge in [-0.1, -0.05) is 39.0 Å². The Morgan fingerprint density at radius 3 is 2.11 bits per heavy atom. The Morgan fingerprint density at radius 2 is 1.54 bits per heavy atom. The smallest absolute Gasteiger partial charge is 0.250 e. The van der Waals surface area contributed by atoms with Crippen LogP contribution in [0.5, 0.6) is 5.75 Å². The molecule has 0 aliphatic rings. The molecule has 35 heavy (non-hydrogen) atoms. The molecular weight excluding hydrogens is 507 g/mol. The number of aryl methyl sites for hydroxylation is 1. The molecule has 0 aliphatic heterocycles. The Hall–Kier alpha value is -1.95. The van der Waals surface area contributed by atoms with E-state index in [4.69, 9.17) is 4.43 Å². The van der Waals surface area contributed by atoms with Crippen molar-refractivity contribution in [1.29, 1.82) is 0 Å². The molecule has 7 nitrogen and oxygen atoms in total. The fourth-order valence-electron chi connectivity index (χ4n) is 2.96. The SMILES string of the molecule is CC(C)(C)NS(=O)(=O)c1ccccc1NS(=O)(=O)CCc1ccc(F)cc1O[Si](C)(C)C(C)(C)C. The lowest BCUT2D eigenvalue weighted by atomic mass is 10.1. The second kappa shape index (κ2) is 10.2. The van der Waals surface area contributed by atoms with E-state index in [1.54, 1.807) is 26.8 Å². The summed E-state index contributed by atoms with van der Waals surface area (Å²) in [7, 11) is -10.2. The van der Waals surface area contributed by atoms with Gasteiger partial charge in [0.05, 0.1) is 11.4 Å². The van der Waals surface area contributed by atoms with Gasteiger partial charge in [0.15, 0.2) is 0 Å². The minimum absolute atomic E-state index is 0.0406. The normalized spacial score (nSPS) is 13.5. The molecular formula is C24H37FN2O5S2Si. The van der Waals surface area contributed by atoms with Crippen molar-refractivity contribution in [2.75, 3.05) is 10.5 Å². The Balaban J connectivity index is 2.28. The monoisotopic (exact) mass is 544 g/mol. The second-order valence-corrected chi connectivity index (χ2v) is 19.4. The quantitative estimate of drug-likeness (QED) is 0.419. The molecule has 0 heterocycles. The highest BCUT2D eigenvalue weighted by Gasteiger charge is 2.39. The van der Waals surface area contributed by atoms with Crippen LogP contribution in [0.25, 0.3) is 0 Å². The van der Waals surface area contributed by atoms with Gasteiger partial charge in [0, 0.05) is 11.6 Å². The number of hydrogen-bond acceptors (Lipinski definition) is 5. The lowest BCUT2D eigenvalue weighted by molar-refractivity contribution is 0.482. The van der Waals surface area contributed by atoms with E-state index < -0.39 is 39.7 Å². The molecule has 0 aliphatic carbocycles. The van der Waals surface area contributed by atoms with Crippen molar-refractivity contribution in [3.05, 3.63) is 53.8 Å². The average molecular weight is 545 g/mol. The molecule has 0 radical (unpaired) electrons. The van der Waals surface area contributed by atoms with Gasteiger partial charge in [0.2, 0.25) is 28.4 Å². The molecule has 11 heteroatoms. The van der Waals surface area contributed by atoms with E-state index >= 15 is 0 Å². The number of para-hydroxylation sites is 1. The first-order valence-corrected chi connectivity index (χ1v) is 17.4. The number of benzene rings is 2. The first-order chi connectivity index (χ1) is 15.7. The van der Waals surface area contributed by atoms with E-state index in [0.717, 1.165) is 0 Å². The van der Waals surface area contributed by atoms with E-state index in [2.05, 4.69) is 30.2 Å². The topological polar surface area (TPSA) is 102 Å². The Labute approximate surface area is 210 Å². The zero-order valence-corrected chi connectivity index (χ0v) is 24.3. The number of hydrogen-bond donors (Lipinski definition) is 2. The molecule has 0 fully saturated rings. The van der Waals surface area contributed by atoms with Crippen LogP contribution in [0.2, 0.25) is 18.1 Å². The van der Waals surface area contributed by atoms with Crippen molar-refractivity contribution < 1.29 is 25.7 Å². The maximum Gasteiger partial charge on any atom is 0.250 e. The molecule has 0 unspecified atom stereocenters. The molecule has 0 saturated heterocycles. The summed E-state index contributed by atoms with van der Waals surface area (Å²) >= 11 is 0. The Morgan fingerprint density at radius 1 is 0.943 bits per heavy atom. The van der Waals surface area contributed by atoms with Crippen LogP contribution in [0.15, 0.2) is 47.4 Å². The summed E-state index contributed by atoms with van der Waals surface area (Å²) in [5.41, 5.74) is -0.216. The predicted molar refractivity (Wildman–Crippen MR) is 142 cm³/mol. The molecule has 2 aromatic carbocycles. The first-order valence-electron chi connectivity index (χ1n) is 11.3. The van der Waals surface area contributed by atoms with Crippen LogP contribution in [0, 0.1) is 5.82 Å². The zero-order valence-electron chi connectivity index (χ0n) is 21.7. The van der Waals surface area contributed by atoms with E-state index in [0.29, 0.717) is 11.3 Å². The largest absolute Gasteiger partial charge is 0.543 e. The Bertz CT molecular complexity index is 1270. The van der Waals surface area contributed by atoms with Crippen LogP contribution in [0.1, 0.15) is 47.1 Å². The second-order valence-electron chi connectivity index (χ2n) is 11.1. The molecule has 0 atom stereocenters. The van der Waals surface area contributed by atoms with Crippen molar-refractivity contribution in [3.63, 3.8) is 0 Å². The van der Waals surface area contributed by atoms with Crippen LogP contribution in [-0.2, 0) is 26.5 Å². The third-order valence-electron chi connectivity index (χ3n) is 5.72. The van der Waals surface area contributed by atoms with Crippen LogP contribution in [-0.4, -0.2) is 36.4 Å². The standard InChI is InChI=1S/C24H37FN2O5S2Si/c1-23(2,3)27-34(30,31)22-12-10-9-11-20(22)26-33(28,29)16-15-18-13-14-19(25)17-21(18)32-35(7,8)24(4,5)6/h9-14,17,26-27H,15-16H2,1-8H3. The van der Waals surface area contributed by atoms with Gasteiger partial charge in [-0.25, -0.2) is 25.9 Å². The van der Waals surface area contributed by atoms with E-state index in [9.17, 15) is 21.2 Å². The molecule has 0 amide bonds. The van der Waals surface area contributed by atoms with Crippen molar-refractivity contribution >= 4 is 34.1 Å². The number of sulfonamides is 2. The average Bonchev–Trinajstić information content (AvgIpc) is 2.64. The van der Waals surface area contributed by atoms with Gasteiger partial charge in [0.25, 0.3) is 0 Å². The number of anilines is 1. The van der Waals surface area contributed by atoms with Crippen molar-refractivity contribution in [3.8, 4) is 5.75 Å². The lowest BCUT2D eigenvalue weighted by Gasteiger charge is -2.37. The van der Waals surface area contributed by atoms with Crippen molar-refractivity contribution in [2.24, 2.45) is 0 Å². The predicted octanol–water partition coefficient (Wildman–Crippen LogP) is 5.27. The van der Waals surface area contributed by atoms with Crippen LogP contribution >= 0.6 is 0 Å². The first kappa shape index (κ1) is 29.3. The minimum Gasteiger partial charge on any atom is -0.543 e. The van der Waals surface area contributed by atoms with Gasteiger partial charge in [0.1, 0.15) is 16.5 Å². The van der Waals surface area contributed by atoms with Gasteiger partial charge in [-0.05, 0) is 69.1 Å². The summed E-state index contributed by atoms with van der Waals surface area (Å²) in [4.78, 5) is -0.165. The lowest BCUT2D eigenvalue weighted by Crippen LogP contribution is -2.44. The molecule has 2 aromatic rings. The number of halogens is 1. The van der Waals surface area contributed by atoms with E-state index in [1.165, 1.54) is 36.4 Å². The van der Waals surface area contributed by atoms with Crippen LogP contribution in [0.3, 0.4) is 0 Å². The molecule has 2 N–H and O–H groups in total. The van der Waals surface area contributed by atoms with Gasteiger partial charge < -0.3 is 4.43 Å².